The summed E-state index contributed by atoms with van der Waals surface area (Å²) in [5, 5.41) is 2.69. The predicted octanol–water partition coefficient (Wildman–Crippen LogP) is 2.78. The van der Waals surface area contributed by atoms with E-state index in [9.17, 15) is 9.18 Å². The molecule has 0 fully saturated rings. The normalized spacial score (nSPS) is 12.3. The third kappa shape index (κ3) is 3.71. The zero-order chi connectivity index (χ0) is 17.1. The average molecular weight is 316 g/mol. The van der Waals surface area contributed by atoms with Crippen LogP contribution >= 0.6 is 0 Å². The number of hydrogen-bond acceptors (Lipinski definition) is 4. The molecule has 0 spiro atoms. The SMILES string of the molecule is Cc1nc(NC(=O)C(c2ccccc2F)N(C)C)nc(C)c1C. The number of nitrogens with one attached hydrogen (secondary N) is 1. The van der Waals surface area contributed by atoms with Gasteiger partial charge in [0.15, 0.2) is 0 Å². The quantitative estimate of drug-likeness (QED) is 0.942. The topological polar surface area (TPSA) is 58.1 Å². The molecule has 2 rings (SSSR count). The Morgan fingerprint density at radius 2 is 1.70 bits per heavy atom. The Morgan fingerprint density at radius 3 is 2.22 bits per heavy atom. The van der Waals surface area contributed by atoms with Crippen LogP contribution in [0.1, 0.15) is 28.6 Å². The maximum Gasteiger partial charge on any atom is 0.248 e. The van der Waals surface area contributed by atoms with Crippen molar-refractivity contribution in [2.75, 3.05) is 19.4 Å². The van der Waals surface area contributed by atoms with Gasteiger partial charge in [0.1, 0.15) is 11.9 Å². The molecule has 1 aromatic heterocycles. The van der Waals surface area contributed by atoms with E-state index < -0.39 is 11.9 Å². The standard InChI is InChI=1S/C17H21FN4O/c1-10-11(2)19-17(20-12(10)3)21-16(23)15(22(4)5)13-8-6-7-9-14(13)18/h6-9,15H,1-5H3,(H,19,20,21,23). The molecule has 2 aromatic rings. The Hall–Kier alpha value is -2.34. The Balaban J connectivity index is 2.32. The third-order valence-electron chi connectivity index (χ3n) is 3.83. The summed E-state index contributed by atoms with van der Waals surface area (Å²) in [6, 6.07) is 5.49. The number of anilines is 1. The van der Waals surface area contributed by atoms with E-state index in [1.807, 2.05) is 20.8 Å². The van der Waals surface area contributed by atoms with Crippen LogP contribution in [0.25, 0.3) is 0 Å². The number of aryl methyl sites for hydroxylation is 2. The molecule has 23 heavy (non-hydrogen) atoms. The molecule has 0 aliphatic carbocycles. The highest BCUT2D eigenvalue weighted by molar-refractivity contribution is 5.94. The summed E-state index contributed by atoms with van der Waals surface area (Å²) in [5.74, 6) is -0.555. The van der Waals surface area contributed by atoms with Crippen LogP contribution < -0.4 is 5.32 Å². The first-order valence-electron chi connectivity index (χ1n) is 7.34. The van der Waals surface area contributed by atoms with Gasteiger partial charge in [0.2, 0.25) is 11.9 Å². The van der Waals surface area contributed by atoms with Gasteiger partial charge in [-0.1, -0.05) is 18.2 Å². The van der Waals surface area contributed by atoms with Crippen molar-refractivity contribution in [1.29, 1.82) is 0 Å². The first-order valence-corrected chi connectivity index (χ1v) is 7.34. The average Bonchev–Trinajstić information content (AvgIpc) is 2.46. The Kier molecular flexibility index (Phi) is 5.05. The highest BCUT2D eigenvalue weighted by Gasteiger charge is 2.26. The molecule has 1 aromatic carbocycles. The van der Waals surface area contributed by atoms with Gasteiger partial charge < -0.3 is 0 Å². The Bertz CT molecular complexity index is 707. The number of nitrogens with zero attached hydrogens (tertiary/aromatic N) is 3. The second-order valence-corrected chi connectivity index (χ2v) is 5.72. The molecule has 1 amide bonds. The molecule has 1 heterocycles. The van der Waals surface area contributed by atoms with Crippen LogP contribution in [0.3, 0.4) is 0 Å². The van der Waals surface area contributed by atoms with E-state index in [1.165, 1.54) is 6.07 Å². The molecule has 0 saturated heterocycles. The molecule has 1 unspecified atom stereocenters. The molecule has 5 nitrogen and oxygen atoms in total. The molecule has 6 heteroatoms. The van der Waals surface area contributed by atoms with E-state index in [0.717, 1.165) is 17.0 Å². The van der Waals surface area contributed by atoms with Gasteiger partial charge in [0.05, 0.1) is 0 Å². The Morgan fingerprint density at radius 1 is 1.13 bits per heavy atom. The summed E-state index contributed by atoms with van der Waals surface area (Å²) in [7, 11) is 3.45. The van der Waals surface area contributed by atoms with Crippen molar-refractivity contribution in [3.05, 3.63) is 52.6 Å². The fourth-order valence-corrected chi connectivity index (χ4v) is 2.36. The summed E-state index contributed by atoms with van der Waals surface area (Å²) in [6.07, 6.45) is 0. The van der Waals surface area contributed by atoms with Crippen molar-refractivity contribution in [3.63, 3.8) is 0 Å². The minimum atomic E-state index is -0.762. The third-order valence-corrected chi connectivity index (χ3v) is 3.83. The molecule has 0 aliphatic rings. The first-order chi connectivity index (χ1) is 10.8. The maximum absolute atomic E-state index is 14.0. The van der Waals surface area contributed by atoms with Crippen molar-refractivity contribution >= 4 is 11.9 Å². The number of benzene rings is 1. The Labute approximate surface area is 135 Å². The van der Waals surface area contributed by atoms with Gasteiger partial charge >= 0.3 is 0 Å². The van der Waals surface area contributed by atoms with Crippen LogP contribution in [0.4, 0.5) is 10.3 Å². The fraction of sp³-hybridized carbons (Fsp3) is 0.353. The number of halogens is 1. The molecule has 1 N–H and O–H groups in total. The van der Waals surface area contributed by atoms with Gasteiger partial charge in [-0.2, -0.15) is 0 Å². The smallest absolute Gasteiger partial charge is 0.248 e. The minimum absolute atomic E-state index is 0.235. The van der Waals surface area contributed by atoms with Crippen LogP contribution in [-0.2, 0) is 4.79 Å². The van der Waals surface area contributed by atoms with Crippen LogP contribution in [0.5, 0.6) is 0 Å². The number of amides is 1. The van der Waals surface area contributed by atoms with Crippen molar-refractivity contribution < 1.29 is 9.18 Å². The van der Waals surface area contributed by atoms with Gasteiger partial charge in [-0.25, -0.2) is 14.4 Å². The van der Waals surface area contributed by atoms with Crippen molar-refractivity contribution in [1.82, 2.24) is 14.9 Å². The lowest BCUT2D eigenvalue weighted by Crippen LogP contribution is -2.33. The van der Waals surface area contributed by atoms with E-state index in [-0.39, 0.29) is 11.9 Å². The van der Waals surface area contributed by atoms with Gasteiger partial charge in [0, 0.05) is 17.0 Å². The lowest BCUT2D eigenvalue weighted by Gasteiger charge is -2.24. The van der Waals surface area contributed by atoms with E-state index in [4.69, 9.17) is 0 Å². The van der Waals surface area contributed by atoms with E-state index in [1.54, 1.807) is 37.2 Å². The van der Waals surface area contributed by atoms with Crippen molar-refractivity contribution in [3.8, 4) is 0 Å². The van der Waals surface area contributed by atoms with Crippen LogP contribution in [0.15, 0.2) is 24.3 Å². The maximum atomic E-state index is 14.0. The summed E-state index contributed by atoms with van der Waals surface area (Å²) < 4.78 is 14.0. The van der Waals surface area contributed by atoms with Gasteiger partial charge in [0.25, 0.3) is 0 Å². The zero-order valence-corrected chi connectivity index (χ0v) is 14.0. The summed E-state index contributed by atoms with van der Waals surface area (Å²) in [4.78, 5) is 22.8. The lowest BCUT2D eigenvalue weighted by molar-refractivity contribution is -0.120. The summed E-state index contributed by atoms with van der Waals surface area (Å²) in [5.41, 5.74) is 2.91. The number of carbonyl (C=O) groups is 1. The fourth-order valence-electron chi connectivity index (χ4n) is 2.36. The predicted molar refractivity (Wildman–Crippen MR) is 87.7 cm³/mol. The highest BCUT2D eigenvalue weighted by Crippen LogP contribution is 2.23. The molecule has 0 aliphatic heterocycles. The van der Waals surface area contributed by atoms with Gasteiger partial charge in [-0.05, 0) is 46.5 Å². The van der Waals surface area contributed by atoms with Crippen LogP contribution in [0.2, 0.25) is 0 Å². The number of likely N-dealkylation sites (N-methyl/N-ethyl adjacent to an activating group) is 1. The molecule has 0 radical (unpaired) electrons. The monoisotopic (exact) mass is 316 g/mol. The molecule has 1 atom stereocenters. The second-order valence-electron chi connectivity index (χ2n) is 5.72. The van der Waals surface area contributed by atoms with E-state index >= 15 is 0 Å². The van der Waals surface area contributed by atoms with Crippen molar-refractivity contribution in [2.45, 2.75) is 26.8 Å². The zero-order valence-electron chi connectivity index (χ0n) is 14.0. The molecule has 122 valence electrons. The van der Waals surface area contributed by atoms with Crippen molar-refractivity contribution in [2.24, 2.45) is 0 Å². The first kappa shape index (κ1) is 17.0. The molecular weight excluding hydrogens is 295 g/mol. The molecular formula is C17H21FN4O. The van der Waals surface area contributed by atoms with E-state index in [2.05, 4.69) is 15.3 Å². The largest absolute Gasteiger partial charge is 0.294 e. The van der Waals surface area contributed by atoms with Crippen LogP contribution in [-0.4, -0.2) is 34.9 Å². The molecule has 0 bridgehead atoms. The van der Waals surface area contributed by atoms with E-state index in [0.29, 0.717) is 5.56 Å². The number of aromatic nitrogens is 2. The minimum Gasteiger partial charge on any atom is -0.294 e. The van der Waals surface area contributed by atoms with Gasteiger partial charge in [-0.15, -0.1) is 0 Å². The summed E-state index contributed by atoms with van der Waals surface area (Å²) in [6.45, 7) is 5.65. The second kappa shape index (κ2) is 6.83. The summed E-state index contributed by atoms with van der Waals surface area (Å²) >= 11 is 0. The number of hydrogen-bond donors (Lipinski definition) is 1. The van der Waals surface area contributed by atoms with Crippen LogP contribution in [0, 0.1) is 26.6 Å². The highest BCUT2D eigenvalue weighted by atomic mass is 19.1. The number of carbonyl (C=O) groups excluding carboxylic acids is 1. The number of rotatable bonds is 4. The lowest BCUT2D eigenvalue weighted by atomic mass is 10.0. The van der Waals surface area contributed by atoms with Gasteiger partial charge in [-0.3, -0.25) is 15.0 Å². The molecule has 0 saturated carbocycles.